The maximum atomic E-state index is 11.7. The number of ether oxygens (including phenoxy) is 3. The van der Waals surface area contributed by atoms with Gasteiger partial charge in [-0.05, 0) is 64.4 Å². The molecule has 1 aliphatic rings. The number of methoxy groups -OCH3 is 1. The number of piperidine rings is 1. The maximum absolute atomic E-state index is 11.7. The normalized spacial score (nSPS) is 15.9. The van der Waals surface area contributed by atoms with Gasteiger partial charge in [0.05, 0.1) is 26.2 Å². The molecule has 0 radical (unpaired) electrons. The van der Waals surface area contributed by atoms with E-state index in [9.17, 15) is 4.79 Å². The summed E-state index contributed by atoms with van der Waals surface area (Å²) in [5.41, 5.74) is 0. The van der Waals surface area contributed by atoms with E-state index in [0.29, 0.717) is 13.2 Å². The number of esters is 1. The van der Waals surface area contributed by atoms with Gasteiger partial charge in [0.25, 0.3) is 0 Å². The zero-order valence-electron chi connectivity index (χ0n) is 14.8. The van der Waals surface area contributed by atoms with E-state index in [2.05, 4.69) is 4.90 Å². The Morgan fingerprint density at radius 3 is 2.54 bits per heavy atom. The molecule has 0 bridgehead atoms. The summed E-state index contributed by atoms with van der Waals surface area (Å²) in [6.07, 6.45) is 3.93. The van der Waals surface area contributed by atoms with E-state index in [-0.39, 0.29) is 11.9 Å². The molecule has 1 aliphatic heterocycles. The molecule has 2 rings (SSSR count). The number of hydrogen-bond acceptors (Lipinski definition) is 5. The predicted octanol–water partition coefficient (Wildman–Crippen LogP) is 3.13. The Kier molecular flexibility index (Phi) is 7.89. The lowest BCUT2D eigenvalue weighted by Gasteiger charge is -2.30. The van der Waals surface area contributed by atoms with Gasteiger partial charge < -0.3 is 19.1 Å². The summed E-state index contributed by atoms with van der Waals surface area (Å²) in [4.78, 5) is 14.2. The summed E-state index contributed by atoms with van der Waals surface area (Å²) in [6.45, 7) is 6.06. The molecule has 0 saturated carbocycles. The second-order valence-electron chi connectivity index (χ2n) is 6.07. The van der Waals surface area contributed by atoms with Crippen LogP contribution in [0.2, 0.25) is 0 Å². The van der Waals surface area contributed by atoms with Gasteiger partial charge in [0.2, 0.25) is 0 Å². The predicted molar refractivity (Wildman–Crippen MR) is 93.5 cm³/mol. The second-order valence-corrected chi connectivity index (χ2v) is 6.07. The van der Waals surface area contributed by atoms with Gasteiger partial charge in [-0.25, -0.2) is 0 Å². The highest BCUT2D eigenvalue weighted by molar-refractivity contribution is 5.72. The van der Waals surface area contributed by atoms with Crippen LogP contribution in [0, 0.1) is 5.92 Å². The third-order valence-electron chi connectivity index (χ3n) is 4.40. The van der Waals surface area contributed by atoms with Crippen molar-refractivity contribution in [2.24, 2.45) is 5.92 Å². The summed E-state index contributed by atoms with van der Waals surface area (Å²) < 4.78 is 16.2. The molecule has 5 heteroatoms. The molecule has 0 aliphatic carbocycles. The van der Waals surface area contributed by atoms with Gasteiger partial charge in [-0.2, -0.15) is 0 Å². The molecule has 0 aromatic heterocycles. The summed E-state index contributed by atoms with van der Waals surface area (Å²) in [6, 6.07) is 7.72. The molecule has 1 aromatic rings. The number of likely N-dealkylation sites (tertiary alicyclic amines) is 1. The first kappa shape index (κ1) is 18.6. The molecule has 0 amide bonds. The quantitative estimate of drug-likeness (QED) is 0.512. The molecule has 24 heavy (non-hydrogen) atoms. The second kappa shape index (κ2) is 10.2. The number of hydrogen-bond donors (Lipinski definition) is 0. The third-order valence-corrected chi connectivity index (χ3v) is 4.40. The Morgan fingerprint density at radius 1 is 1.17 bits per heavy atom. The highest BCUT2D eigenvalue weighted by Crippen LogP contribution is 2.26. The number of carbonyl (C=O) groups excluding carboxylic acids is 1. The van der Waals surface area contributed by atoms with Crippen LogP contribution in [0.3, 0.4) is 0 Å². The van der Waals surface area contributed by atoms with Gasteiger partial charge in [0, 0.05) is 0 Å². The van der Waals surface area contributed by atoms with Crippen molar-refractivity contribution < 1.29 is 19.0 Å². The van der Waals surface area contributed by atoms with E-state index in [4.69, 9.17) is 14.2 Å². The SMILES string of the molecule is CCOC(=O)C1CCN(CCCCOc2ccccc2OC)CC1. The fourth-order valence-electron chi connectivity index (χ4n) is 3.01. The zero-order chi connectivity index (χ0) is 17.2. The number of rotatable bonds is 9. The summed E-state index contributed by atoms with van der Waals surface area (Å²) in [5.74, 6) is 1.64. The summed E-state index contributed by atoms with van der Waals surface area (Å²) in [5, 5.41) is 0. The van der Waals surface area contributed by atoms with Crippen molar-refractivity contribution in [1.82, 2.24) is 4.90 Å². The van der Waals surface area contributed by atoms with Crippen LogP contribution in [0.15, 0.2) is 24.3 Å². The van der Waals surface area contributed by atoms with Crippen molar-refractivity contribution >= 4 is 5.97 Å². The zero-order valence-corrected chi connectivity index (χ0v) is 14.8. The highest BCUT2D eigenvalue weighted by atomic mass is 16.5. The standard InChI is InChI=1S/C19H29NO4/c1-3-23-19(21)16-10-13-20(14-11-16)12-6-7-15-24-18-9-5-4-8-17(18)22-2/h4-5,8-9,16H,3,6-7,10-15H2,1-2H3. The smallest absolute Gasteiger partial charge is 0.309 e. The van der Waals surface area contributed by atoms with Crippen LogP contribution in [0.4, 0.5) is 0 Å². The molecule has 0 unspecified atom stereocenters. The van der Waals surface area contributed by atoms with Gasteiger partial charge in [0.15, 0.2) is 11.5 Å². The summed E-state index contributed by atoms with van der Waals surface area (Å²) in [7, 11) is 1.65. The monoisotopic (exact) mass is 335 g/mol. The van der Waals surface area contributed by atoms with E-state index in [1.165, 1.54) is 0 Å². The number of benzene rings is 1. The first-order valence-corrected chi connectivity index (χ1v) is 8.89. The van der Waals surface area contributed by atoms with Crippen molar-refractivity contribution in [3.8, 4) is 11.5 Å². The molecular formula is C19H29NO4. The van der Waals surface area contributed by atoms with E-state index in [1.807, 2.05) is 31.2 Å². The molecule has 1 heterocycles. The summed E-state index contributed by atoms with van der Waals surface area (Å²) >= 11 is 0. The Labute approximate surface area is 144 Å². The minimum Gasteiger partial charge on any atom is -0.493 e. The minimum absolute atomic E-state index is 0.0256. The van der Waals surface area contributed by atoms with E-state index in [0.717, 1.165) is 56.8 Å². The first-order chi connectivity index (χ1) is 11.7. The molecule has 0 N–H and O–H groups in total. The third kappa shape index (κ3) is 5.71. The average Bonchev–Trinajstić information content (AvgIpc) is 2.62. The van der Waals surface area contributed by atoms with Crippen LogP contribution in [0.5, 0.6) is 11.5 Å². The van der Waals surface area contributed by atoms with Crippen LogP contribution < -0.4 is 9.47 Å². The first-order valence-electron chi connectivity index (χ1n) is 8.89. The molecule has 1 saturated heterocycles. The van der Waals surface area contributed by atoms with Gasteiger partial charge in [0.1, 0.15) is 0 Å². The van der Waals surface area contributed by atoms with E-state index < -0.39 is 0 Å². The van der Waals surface area contributed by atoms with Crippen LogP contribution in [0.1, 0.15) is 32.6 Å². The molecule has 0 spiro atoms. The molecule has 0 atom stereocenters. The Balaban J connectivity index is 1.58. The van der Waals surface area contributed by atoms with Crippen molar-refractivity contribution in [3.63, 3.8) is 0 Å². The lowest BCUT2D eigenvalue weighted by atomic mass is 9.97. The largest absolute Gasteiger partial charge is 0.493 e. The molecule has 1 fully saturated rings. The molecule has 134 valence electrons. The Morgan fingerprint density at radius 2 is 1.88 bits per heavy atom. The lowest BCUT2D eigenvalue weighted by molar-refractivity contribution is -0.149. The van der Waals surface area contributed by atoms with Gasteiger partial charge in [-0.3, -0.25) is 4.79 Å². The number of nitrogens with zero attached hydrogens (tertiary/aromatic N) is 1. The topological polar surface area (TPSA) is 48.0 Å². The van der Waals surface area contributed by atoms with Crippen molar-refractivity contribution in [2.75, 3.05) is 40.0 Å². The van der Waals surface area contributed by atoms with E-state index in [1.54, 1.807) is 7.11 Å². The molecule has 5 nitrogen and oxygen atoms in total. The maximum Gasteiger partial charge on any atom is 0.309 e. The van der Waals surface area contributed by atoms with Crippen LogP contribution >= 0.6 is 0 Å². The van der Waals surface area contributed by atoms with Gasteiger partial charge in [-0.1, -0.05) is 12.1 Å². The van der Waals surface area contributed by atoms with Crippen molar-refractivity contribution in [2.45, 2.75) is 32.6 Å². The van der Waals surface area contributed by atoms with Gasteiger partial charge in [-0.15, -0.1) is 0 Å². The van der Waals surface area contributed by atoms with Crippen LogP contribution in [-0.2, 0) is 9.53 Å². The Hall–Kier alpha value is -1.75. The van der Waals surface area contributed by atoms with Gasteiger partial charge >= 0.3 is 5.97 Å². The fourth-order valence-corrected chi connectivity index (χ4v) is 3.01. The number of carbonyl (C=O) groups is 1. The van der Waals surface area contributed by atoms with Crippen molar-refractivity contribution in [1.29, 1.82) is 0 Å². The number of unbranched alkanes of at least 4 members (excludes halogenated alkanes) is 1. The fraction of sp³-hybridized carbons (Fsp3) is 0.632. The number of para-hydroxylation sites is 2. The van der Waals surface area contributed by atoms with Crippen LogP contribution in [0.25, 0.3) is 0 Å². The molecule has 1 aromatic carbocycles. The Bertz CT molecular complexity index is 498. The average molecular weight is 335 g/mol. The van der Waals surface area contributed by atoms with Crippen molar-refractivity contribution in [3.05, 3.63) is 24.3 Å². The minimum atomic E-state index is -0.0256. The van der Waals surface area contributed by atoms with E-state index >= 15 is 0 Å². The lowest BCUT2D eigenvalue weighted by Crippen LogP contribution is -2.37. The van der Waals surface area contributed by atoms with Crippen LogP contribution in [-0.4, -0.2) is 50.8 Å². The molecular weight excluding hydrogens is 306 g/mol. The highest BCUT2D eigenvalue weighted by Gasteiger charge is 2.25.